The Morgan fingerprint density at radius 2 is 1.18 bits per heavy atom. The minimum absolute atomic E-state index is 0.101. The van der Waals surface area contributed by atoms with Crippen molar-refractivity contribution < 1.29 is 18.7 Å². The summed E-state index contributed by atoms with van der Waals surface area (Å²) in [5, 5.41) is 11.1. The van der Waals surface area contributed by atoms with E-state index in [0.29, 0.717) is 17.2 Å². The summed E-state index contributed by atoms with van der Waals surface area (Å²) < 4.78 is 26.3. The van der Waals surface area contributed by atoms with Crippen molar-refractivity contribution in [1.82, 2.24) is 0 Å². The van der Waals surface area contributed by atoms with Crippen LogP contribution in [0.2, 0.25) is 0 Å². The molecule has 1 N–H and O–H groups in total. The molecule has 0 amide bonds. The lowest BCUT2D eigenvalue weighted by molar-refractivity contribution is 0.384. The molecular formula is C28H35O4P. The fourth-order valence-corrected chi connectivity index (χ4v) is 5.93. The summed E-state index contributed by atoms with van der Waals surface area (Å²) in [6.45, 7) is 12.5. The molecule has 0 radical (unpaired) electrons. The van der Waals surface area contributed by atoms with Gasteiger partial charge in [0.2, 0.25) is 0 Å². The van der Waals surface area contributed by atoms with Crippen LogP contribution in [0.5, 0.6) is 17.2 Å². The van der Waals surface area contributed by atoms with Gasteiger partial charge in [-0.1, -0.05) is 84.0 Å². The van der Waals surface area contributed by atoms with Crippen LogP contribution in [-0.4, -0.2) is 5.11 Å². The van der Waals surface area contributed by atoms with E-state index in [9.17, 15) is 9.67 Å². The molecule has 0 unspecified atom stereocenters. The SMILES string of the molecule is CC(C)c1cc(CP(=O)(Oc2ccccc2)Oc2ccccc2)c(C(C)C)c(C(C)C)c1O. The summed E-state index contributed by atoms with van der Waals surface area (Å²) in [7, 11) is -3.65. The van der Waals surface area contributed by atoms with Gasteiger partial charge >= 0.3 is 7.60 Å². The van der Waals surface area contributed by atoms with Crippen LogP contribution in [-0.2, 0) is 10.7 Å². The number of para-hydroxylation sites is 2. The molecule has 0 saturated heterocycles. The Hall–Kier alpha value is -2.71. The molecule has 5 heteroatoms. The molecule has 3 aromatic rings. The van der Waals surface area contributed by atoms with Crippen LogP contribution in [0.15, 0.2) is 66.7 Å². The first-order valence-corrected chi connectivity index (χ1v) is 13.3. The Labute approximate surface area is 198 Å². The summed E-state index contributed by atoms with van der Waals surface area (Å²) in [6, 6.07) is 20.2. The fourth-order valence-electron chi connectivity index (χ4n) is 4.20. The predicted octanol–water partition coefficient (Wildman–Crippen LogP) is 8.61. The number of benzene rings is 3. The summed E-state index contributed by atoms with van der Waals surface area (Å²) in [5.74, 6) is 1.70. The van der Waals surface area contributed by atoms with Gasteiger partial charge in [0, 0.05) is 5.56 Å². The second kappa shape index (κ2) is 10.5. The summed E-state index contributed by atoms with van der Waals surface area (Å²) in [4.78, 5) is 0. The zero-order chi connectivity index (χ0) is 24.2. The Kier molecular flexibility index (Phi) is 7.92. The Morgan fingerprint density at radius 1 is 0.727 bits per heavy atom. The number of rotatable bonds is 9. The molecule has 0 fully saturated rings. The van der Waals surface area contributed by atoms with Crippen molar-refractivity contribution in [2.24, 2.45) is 0 Å². The average molecular weight is 467 g/mol. The van der Waals surface area contributed by atoms with E-state index in [2.05, 4.69) is 41.5 Å². The van der Waals surface area contributed by atoms with E-state index in [0.717, 1.165) is 22.3 Å². The molecule has 3 rings (SSSR count). The van der Waals surface area contributed by atoms with Gasteiger partial charge in [-0.3, -0.25) is 0 Å². The third-order valence-corrected chi connectivity index (χ3v) is 7.32. The molecule has 33 heavy (non-hydrogen) atoms. The summed E-state index contributed by atoms with van der Waals surface area (Å²) >= 11 is 0. The van der Waals surface area contributed by atoms with E-state index in [1.54, 1.807) is 24.3 Å². The van der Waals surface area contributed by atoms with E-state index in [1.807, 2.05) is 42.5 Å². The Bertz CT molecular complexity index is 1060. The second-order valence-electron chi connectivity index (χ2n) is 9.34. The van der Waals surface area contributed by atoms with E-state index in [4.69, 9.17) is 9.05 Å². The van der Waals surface area contributed by atoms with Crippen molar-refractivity contribution in [2.45, 2.75) is 65.5 Å². The maximum absolute atomic E-state index is 14.2. The van der Waals surface area contributed by atoms with E-state index >= 15 is 0 Å². The zero-order valence-electron chi connectivity index (χ0n) is 20.4. The van der Waals surface area contributed by atoms with E-state index in [-0.39, 0.29) is 23.9 Å². The van der Waals surface area contributed by atoms with Crippen LogP contribution in [0.1, 0.15) is 81.5 Å². The number of aromatic hydroxyl groups is 1. The minimum atomic E-state index is -3.65. The molecule has 0 aliphatic heterocycles. The molecule has 176 valence electrons. The van der Waals surface area contributed by atoms with Gasteiger partial charge in [0.25, 0.3) is 0 Å². The van der Waals surface area contributed by atoms with Crippen molar-refractivity contribution in [3.05, 3.63) is 89.0 Å². The Balaban J connectivity index is 2.16. The maximum atomic E-state index is 14.2. The topological polar surface area (TPSA) is 55.8 Å². The van der Waals surface area contributed by atoms with Gasteiger partial charge in [0.15, 0.2) is 0 Å². The van der Waals surface area contributed by atoms with Crippen LogP contribution >= 0.6 is 7.60 Å². The minimum Gasteiger partial charge on any atom is -0.507 e. The van der Waals surface area contributed by atoms with Gasteiger partial charge in [-0.05, 0) is 58.7 Å². The number of hydrogen-bond donors (Lipinski definition) is 1. The molecule has 0 saturated carbocycles. The monoisotopic (exact) mass is 466 g/mol. The lowest BCUT2D eigenvalue weighted by Gasteiger charge is -2.27. The molecule has 0 bridgehead atoms. The van der Waals surface area contributed by atoms with Crippen LogP contribution < -0.4 is 9.05 Å². The van der Waals surface area contributed by atoms with Crippen molar-refractivity contribution in [3.8, 4) is 17.2 Å². The highest BCUT2D eigenvalue weighted by Gasteiger charge is 2.33. The normalized spacial score (nSPS) is 11.9. The first kappa shape index (κ1) is 24.9. The molecule has 0 atom stereocenters. The Morgan fingerprint density at radius 3 is 1.58 bits per heavy atom. The summed E-state index contributed by atoms with van der Waals surface area (Å²) in [6.07, 6.45) is 0.101. The van der Waals surface area contributed by atoms with Crippen LogP contribution in [0.25, 0.3) is 0 Å². The molecule has 0 heterocycles. The van der Waals surface area contributed by atoms with Crippen molar-refractivity contribution >= 4 is 7.60 Å². The van der Waals surface area contributed by atoms with Crippen molar-refractivity contribution in [2.75, 3.05) is 0 Å². The van der Waals surface area contributed by atoms with Gasteiger partial charge < -0.3 is 14.2 Å². The molecule has 0 spiro atoms. The van der Waals surface area contributed by atoms with Gasteiger partial charge in [-0.15, -0.1) is 0 Å². The molecule has 0 aliphatic rings. The molecule has 0 aromatic heterocycles. The predicted molar refractivity (Wildman–Crippen MR) is 136 cm³/mol. The first-order chi connectivity index (χ1) is 15.6. The van der Waals surface area contributed by atoms with Gasteiger partial charge in [0.1, 0.15) is 17.2 Å². The quantitative estimate of drug-likeness (QED) is 0.321. The molecule has 3 aromatic carbocycles. The van der Waals surface area contributed by atoms with Gasteiger partial charge in [-0.25, -0.2) is 4.57 Å². The number of phenolic OH excluding ortho intramolecular Hbond substituents is 1. The first-order valence-electron chi connectivity index (χ1n) is 11.6. The highest BCUT2D eigenvalue weighted by Crippen LogP contribution is 2.53. The molecule has 4 nitrogen and oxygen atoms in total. The van der Waals surface area contributed by atoms with Crippen LogP contribution in [0.4, 0.5) is 0 Å². The van der Waals surface area contributed by atoms with Crippen molar-refractivity contribution in [1.29, 1.82) is 0 Å². The second-order valence-corrected chi connectivity index (χ2v) is 11.2. The zero-order valence-corrected chi connectivity index (χ0v) is 21.3. The molecular weight excluding hydrogens is 431 g/mol. The highest BCUT2D eigenvalue weighted by atomic mass is 31.2. The van der Waals surface area contributed by atoms with Crippen LogP contribution in [0, 0.1) is 0 Å². The summed E-state index contributed by atoms with van der Waals surface area (Å²) in [5.41, 5.74) is 3.67. The van der Waals surface area contributed by atoms with Gasteiger partial charge in [0.05, 0.1) is 6.16 Å². The lowest BCUT2D eigenvalue weighted by atomic mass is 9.83. The number of hydrogen-bond acceptors (Lipinski definition) is 4. The van der Waals surface area contributed by atoms with Crippen molar-refractivity contribution in [3.63, 3.8) is 0 Å². The van der Waals surface area contributed by atoms with E-state index in [1.165, 1.54) is 0 Å². The lowest BCUT2D eigenvalue weighted by Crippen LogP contribution is -2.11. The third kappa shape index (κ3) is 6.00. The third-order valence-electron chi connectivity index (χ3n) is 5.61. The highest BCUT2D eigenvalue weighted by molar-refractivity contribution is 7.53. The maximum Gasteiger partial charge on any atom is 0.435 e. The standard InChI is InChI=1S/C28H35O4P/c1-19(2)25-17-22(26(20(3)4)27(21(5)6)28(25)29)18-33(30,31-23-13-9-7-10-14-23)32-24-15-11-8-12-16-24/h7-17,19-21,29H,18H2,1-6H3. The van der Waals surface area contributed by atoms with Gasteiger partial charge in [-0.2, -0.15) is 0 Å². The molecule has 0 aliphatic carbocycles. The average Bonchev–Trinajstić information content (AvgIpc) is 2.75. The number of phenols is 1. The largest absolute Gasteiger partial charge is 0.507 e. The smallest absolute Gasteiger partial charge is 0.435 e. The fraction of sp³-hybridized carbons (Fsp3) is 0.357. The van der Waals surface area contributed by atoms with Crippen LogP contribution in [0.3, 0.4) is 0 Å². The van der Waals surface area contributed by atoms with E-state index < -0.39 is 7.60 Å².